The van der Waals surface area contributed by atoms with Crippen molar-refractivity contribution in [2.45, 2.75) is 19.8 Å². The number of hydrogen-bond acceptors (Lipinski definition) is 3. The molecule has 3 heteroatoms. The van der Waals surface area contributed by atoms with Gasteiger partial charge in [-0.2, -0.15) is 0 Å². The molecule has 2 rings (SSSR count). The Kier molecular flexibility index (Phi) is 3.85. The Morgan fingerprint density at radius 2 is 1.68 bits per heavy atom. The third-order valence-corrected chi connectivity index (χ3v) is 2.94. The second-order valence-electron chi connectivity index (χ2n) is 4.70. The third kappa shape index (κ3) is 3.13. The van der Waals surface area contributed by atoms with E-state index in [0.717, 1.165) is 0 Å². The number of anilines is 1. The van der Waals surface area contributed by atoms with Gasteiger partial charge in [-0.05, 0) is 35.7 Å². The fraction of sp³-hybridized carbons (Fsp3) is 0.188. The van der Waals surface area contributed by atoms with Crippen molar-refractivity contribution in [3.05, 3.63) is 59.7 Å². The molecule has 2 aromatic rings. The first kappa shape index (κ1) is 13.1. The Hall–Kier alpha value is -2.29. The van der Waals surface area contributed by atoms with E-state index in [1.165, 1.54) is 5.56 Å². The fourth-order valence-corrected chi connectivity index (χ4v) is 1.77. The fourth-order valence-electron chi connectivity index (χ4n) is 1.77. The van der Waals surface area contributed by atoms with Crippen LogP contribution in [0.1, 0.15) is 35.7 Å². The molecule has 0 bridgehead atoms. The summed E-state index contributed by atoms with van der Waals surface area (Å²) in [6.45, 7) is 4.23. The topological polar surface area (TPSA) is 52.3 Å². The summed E-state index contributed by atoms with van der Waals surface area (Å²) >= 11 is 0. The van der Waals surface area contributed by atoms with Gasteiger partial charge in [-0.25, -0.2) is 4.79 Å². The molecule has 2 N–H and O–H groups in total. The molecular formula is C16H17NO2. The minimum atomic E-state index is -0.435. The standard InChI is InChI=1S/C16H17NO2/c1-11(2)12-7-9-13(10-8-12)19-16(18)14-5-3-4-6-15(14)17/h3-11H,17H2,1-2H3. The SMILES string of the molecule is CC(C)c1ccc(OC(=O)c2ccccc2N)cc1. The summed E-state index contributed by atoms with van der Waals surface area (Å²) in [6, 6.07) is 14.4. The lowest BCUT2D eigenvalue weighted by molar-refractivity contribution is 0.0736. The number of carbonyl (C=O) groups is 1. The van der Waals surface area contributed by atoms with Crippen molar-refractivity contribution in [3.63, 3.8) is 0 Å². The van der Waals surface area contributed by atoms with E-state index in [0.29, 0.717) is 22.9 Å². The quantitative estimate of drug-likeness (QED) is 0.518. The maximum Gasteiger partial charge on any atom is 0.345 e. The number of esters is 1. The molecule has 0 spiro atoms. The van der Waals surface area contributed by atoms with E-state index in [4.69, 9.17) is 10.5 Å². The van der Waals surface area contributed by atoms with Crippen LogP contribution in [0.3, 0.4) is 0 Å². The van der Waals surface area contributed by atoms with Crippen LogP contribution < -0.4 is 10.5 Å². The Bertz CT molecular complexity index is 574. The summed E-state index contributed by atoms with van der Waals surface area (Å²) in [5.41, 5.74) is 7.75. The monoisotopic (exact) mass is 255 g/mol. The van der Waals surface area contributed by atoms with Crippen LogP contribution in [0.25, 0.3) is 0 Å². The van der Waals surface area contributed by atoms with E-state index >= 15 is 0 Å². The number of carbonyl (C=O) groups excluding carboxylic acids is 1. The summed E-state index contributed by atoms with van der Waals surface area (Å²) in [5, 5.41) is 0. The molecule has 0 saturated carbocycles. The van der Waals surface area contributed by atoms with Crippen LogP contribution in [-0.2, 0) is 0 Å². The lowest BCUT2D eigenvalue weighted by Crippen LogP contribution is -2.10. The summed E-state index contributed by atoms with van der Waals surface area (Å²) in [6.07, 6.45) is 0. The first-order valence-electron chi connectivity index (χ1n) is 6.24. The van der Waals surface area contributed by atoms with Gasteiger partial charge >= 0.3 is 5.97 Å². The van der Waals surface area contributed by atoms with Crippen molar-refractivity contribution in [1.29, 1.82) is 0 Å². The zero-order chi connectivity index (χ0) is 13.8. The van der Waals surface area contributed by atoms with Crippen molar-refractivity contribution in [3.8, 4) is 5.75 Å². The number of nitrogen functional groups attached to an aromatic ring is 1. The van der Waals surface area contributed by atoms with Crippen molar-refractivity contribution in [2.75, 3.05) is 5.73 Å². The largest absolute Gasteiger partial charge is 0.423 e. The predicted octanol–water partition coefficient (Wildman–Crippen LogP) is 3.61. The molecule has 98 valence electrons. The molecule has 0 fully saturated rings. The van der Waals surface area contributed by atoms with E-state index in [1.807, 2.05) is 12.1 Å². The maximum absolute atomic E-state index is 12.0. The van der Waals surface area contributed by atoms with Crippen molar-refractivity contribution < 1.29 is 9.53 Å². The second kappa shape index (κ2) is 5.57. The molecule has 0 aliphatic carbocycles. The highest BCUT2D eigenvalue weighted by molar-refractivity contribution is 5.96. The zero-order valence-corrected chi connectivity index (χ0v) is 11.1. The van der Waals surface area contributed by atoms with E-state index in [9.17, 15) is 4.79 Å². The van der Waals surface area contributed by atoms with Gasteiger partial charge in [0, 0.05) is 5.69 Å². The number of benzene rings is 2. The van der Waals surface area contributed by atoms with Crippen molar-refractivity contribution in [1.82, 2.24) is 0 Å². The van der Waals surface area contributed by atoms with Gasteiger partial charge in [-0.15, -0.1) is 0 Å². The van der Waals surface area contributed by atoms with Gasteiger partial charge in [0.05, 0.1) is 5.56 Å². The lowest BCUT2D eigenvalue weighted by Gasteiger charge is -2.08. The number of para-hydroxylation sites is 1. The molecule has 0 atom stereocenters. The Balaban J connectivity index is 2.13. The van der Waals surface area contributed by atoms with Gasteiger partial charge in [0.25, 0.3) is 0 Å². The van der Waals surface area contributed by atoms with Gasteiger partial charge in [0.1, 0.15) is 5.75 Å². The summed E-state index contributed by atoms with van der Waals surface area (Å²) in [7, 11) is 0. The minimum absolute atomic E-state index is 0.385. The van der Waals surface area contributed by atoms with Crippen LogP contribution >= 0.6 is 0 Å². The zero-order valence-electron chi connectivity index (χ0n) is 11.1. The van der Waals surface area contributed by atoms with Gasteiger partial charge in [0.2, 0.25) is 0 Å². The highest BCUT2D eigenvalue weighted by Gasteiger charge is 2.11. The summed E-state index contributed by atoms with van der Waals surface area (Å²) < 4.78 is 5.30. The first-order valence-corrected chi connectivity index (χ1v) is 6.24. The van der Waals surface area contributed by atoms with Crippen LogP contribution in [0.15, 0.2) is 48.5 Å². The van der Waals surface area contributed by atoms with E-state index in [1.54, 1.807) is 36.4 Å². The summed E-state index contributed by atoms with van der Waals surface area (Å²) in [5.74, 6) is 0.544. The third-order valence-electron chi connectivity index (χ3n) is 2.94. The molecule has 0 radical (unpaired) electrons. The molecule has 0 aliphatic heterocycles. The molecule has 0 aliphatic rings. The average molecular weight is 255 g/mol. The second-order valence-corrected chi connectivity index (χ2v) is 4.70. The average Bonchev–Trinajstić information content (AvgIpc) is 2.39. The van der Waals surface area contributed by atoms with Crippen LogP contribution in [0.4, 0.5) is 5.69 Å². The predicted molar refractivity (Wildman–Crippen MR) is 76.3 cm³/mol. The van der Waals surface area contributed by atoms with E-state index < -0.39 is 5.97 Å². The number of hydrogen-bond donors (Lipinski definition) is 1. The normalized spacial score (nSPS) is 10.5. The molecule has 0 unspecified atom stereocenters. The molecule has 19 heavy (non-hydrogen) atoms. The Labute approximate surface area is 113 Å². The van der Waals surface area contributed by atoms with Gasteiger partial charge in [-0.3, -0.25) is 0 Å². The van der Waals surface area contributed by atoms with Crippen molar-refractivity contribution in [2.24, 2.45) is 0 Å². The van der Waals surface area contributed by atoms with E-state index in [2.05, 4.69) is 13.8 Å². The summed E-state index contributed by atoms with van der Waals surface area (Å²) in [4.78, 5) is 12.0. The van der Waals surface area contributed by atoms with Crippen LogP contribution in [0.5, 0.6) is 5.75 Å². The van der Waals surface area contributed by atoms with Gasteiger partial charge < -0.3 is 10.5 Å². The van der Waals surface area contributed by atoms with E-state index in [-0.39, 0.29) is 0 Å². The van der Waals surface area contributed by atoms with Gasteiger partial charge in [0.15, 0.2) is 0 Å². The number of rotatable bonds is 3. The highest BCUT2D eigenvalue weighted by atomic mass is 16.5. The van der Waals surface area contributed by atoms with Crippen LogP contribution in [-0.4, -0.2) is 5.97 Å². The minimum Gasteiger partial charge on any atom is -0.423 e. The molecule has 0 heterocycles. The lowest BCUT2D eigenvalue weighted by atomic mass is 10.0. The molecular weight excluding hydrogens is 238 g/mol. The molecule has 0 saturated heterocycles. The van der Waals surface area contributed by atoms with Crippen molar-refractivity contribution >= 4 is 11.7 Å². The number of nitrogens with two attached hydrogens (primary N) is 1. The Morgan fingerprint density at radius 3 is 2.26 bits per heavy atom. The molecule has 0 aromatic heterocycles. The maximum atomic E-state index is 12.0. The van der Waals surface area contributed by atoms with Gasteiger partial charge in [-0.1, -0.05) is 38.1 Å². The Morgan fingerprint density at radius 1 is 1.05 bits per heavy atom. The number of ether oxygens (including phenoxy) is 1. The van der Waals surface area contributed by atoms with Crippen LogP contribution in [0.2, 0.25) is 0 Å². The molecule has 3 nitrogen and oxygen atoms in total. The first-order chi connectivity index (χ1) is 9.08. The molecule has 0 amide bonds. The van der Waals surface area contributed by atoms with Crippen LogP contribution in [0, 0.1) is 0 Å². The molecule has 2 aromatic carbocycles. The smallest absolute Gasteiger partial charge is 0.345 e. The highest BCUT2D eigenvalue weighted by Crippen LogP contribution is 2.20.